The van der Waals surface area contributed by atoms with Crippen molar-refractivity contribution < 1.29 is 8.42 Å². The van der Waals surface area contributed by atoms with Crippen molar-refractivity contribution in [2.24, 2.45) is 0 Å². The predicted octanol–water partition coefficient (Wildman–Crippen LogP) is 1.75. The van der Waals surface area contributed by atoms with Gasteiger partial charge < -0.3 is 5.32 Å². The maximum Gasteiger partial charge on any atom is 0.209 e. The van der Waals surface area contributed by atoms with Gasteiger partial charge in [-0.1, -0.05) is 18.2 Å². The van der Waals surface area contributed by atoms with Gasteiger partial charge in [0, 0.05) is 28.8 Å². The van der Waals surface area contributed by atoms with Gasteiger partial charge >= 0.3 is 0 Å². The van der Waals surface area contributed by atoms with Crippen LogP contribution in [0.2, 0.25) is 0 Å². The van der Waals surface area contributed by atoms with Crippen LogP contribution >= 0.6 is 11.8 Å². The fraction of sp³-hybridized carbons (Fsp3) is 0.538. The number of thioether (sulfide) groups is 1. The second-order valence-corrected chi connectivity index (χ2v) is 8.35. The lowest BCUT2D eigenvalue weighted by Gasteiger charge is -2.27. The first kappa shape index (κ1) is 14.8. The lowest BCUT2D eigenvalue weighted by atomic mass is 10.0. The summed E-state index contributed by atoms with van der Waals surface area (Å²) in [5.74, 6) is 0.994. The van der Waals surface area contributed by atoms with Crippen molar-refractivity contribution >= 4 is 21.8 Å². The molecule has 1 aromatic rings. The number of hydrogen-bond acceptors (Lipinski definition) is 4. The summed E-state index contributed by atoms with van der Waals surface area (Å²) in [4.78, 5) is 1.31. The summed E-state index contributed by atoms with van der Waals surface area (Å²) in [6.07, 6.45) is 1.19. The summed E-state index contributed by atoms with van der Waals surface area (Å²) in [6, 6.07) is 8.63. The van der Waals surface area contributed by atoms with Gasteiger partial charge in [-0.05, 0) is 25.5 Å². The van der Waals surface area contributed by atoms with Crippen LogP contribution in [-0.4, -0.2) is 32.5 Å². The van der Waals surface area contributed by atoms with E-state index in [0.717, 1.165) is 5.75 Å². The van der Waals surface area contributed by atoms with Crippen molar-refractivity contribution in [3.63, 3.8) is 0 Å². The summed E-state index contributed by atoms with van der Waals surface area (Å²) < 4.78 is 25.2. The molecule has 0 amide bonds. The van der Waals surface area contributed by atoms with E-state index in [2.05, 4.69) is 22.2 Å². The zero-order valence-electron chi connectivity index (χ0n) is 11.4. The molecule has 1 atom stereocenters. The Balaban J connectivity index is 1.97. The van der Waals surface area contributed by atoms with Crippen LogP contribution in [-0.2, 0) is 10.0 Å². The molecule has 0 bridgehead atoms. The monoisotopic (exact) mass is 300 g/mol. The van der Waals surface area contributed by atoms with Gasteiger partial charge in [0.25, 0.3) is 0 Å². The van der Waals surface area contributed by atoms with E-state index in [1.165, 1.54) is 16.7 Å². The fourth-order valence-corrected chi connectivity index (χ4v) is 4.52. The smallest absolute Gasteiger partial charge is 0.209 e. The lowest BCUT2D eigenvalue weighted by molar-refractivity contribution is 0.401. The molecular formula is C13H20N2O2S2. The number of nitrogens with one attached hydrogen (secondary N) is 2. The topological polar surface area (TPSA) is 58.2 Å². The van der Waals surface area contributed by atoms with E-state index < -0.39 is 15.6 Å². The maximum atomic E-state index is 11.3. The molecule has 1 aliphatic heterocycles. The van der Waals surface area contributed by atoms with E-state index in [9.17, 15) is 8.42 Å². The summed E-state index contributed by atoms with van der Waals surface area (Å²) in [5, 5.41) is 3.45. The highest BCUT2D eigenvalue weighted by atomic mass is 32.2. The highest BCUT2D eigenvalue weighted by molar-refractivity contribution is 7.99. The minimum atomic E-state index is -3.18. The normalized spacial score (nSPS) is 19.4. The van der Waals surface area contributed by atoms with Crippen molar-refractivity contribution in [1.82, 2.24) is 10.0 Å². The number of sulfonamides is 1. The lowest BCUT2D eigenvalue weighted by Crippen LogP contribution is -2.50. The zero-order valence-corrected chi connectivity index (χ0v) is 13.1. The average Bonchev–Trinajstić information content (AvgIpc) is 2.66. The second kappa shape index (κ2) is 5.44. The Labute approximate surface area is 119 Å². The van der Waals surface area contributed by atoms with Crippen LogP contribution in [0.5, 0.6) is 0 Å². The van der Waals surface area contributed by atoms with E-state index in [-0.39, 0.29) is 0 Å². The molecule has 1 heterocycles. The Morgan fingerprint density at radius 2 is 2.05 bits per heavy atom. The van der Waals surface area contributed by atoms with Gasteiger partial charge in [-0.2, -0.15) is 0 Å². The molecule has 19 heavy (non-hydrogen) atoms. The third-order valence-corrected chi connectivity index (χ3v) is 5.06. The third-order valence-electron chi connectivity index (χ3n) is 2.95. The molecule has 1 unspecified atom stereocenters. The van der Waals surface area contributed by atoms with Crippen LogP contribution < -0.4 is 10.0 Å². The Morgan fingerprint density at radius 3 is 2.74 bits per heavy atom. The molecule has 0 spiro atoms. The SMILES string of the molecule is CC(C)(CNC1CSc2ccccc21)NS(C)(=O)=O. The van der Waals surface area contributed by atoms with Gasteiger partial charge in [0.05, 0.1) is 6.26 Å². The highest BCUT2D eigenvalue weighted by Crippen LogP contribution is 2.37. The van der Waals surface area contributed by atoms with Crippen molar-refractivity contribution in [2.45, 2.75) is 30.3 Å². The van der Waals surface area contributed by atoms with Gasteiger partial charge in [0.1, 0.15) is 0 Å². The summed E-state index contributed by atoms with van der Waals surface area (Å²) >= 11 is 1.84. The van der Waals surface area contributed by atoms with Crippen LogP contribution in [0.3, 0.4) is 0 Å². The van der Waals surface area contributed by atoms with Crippen LogP contribution in [0.25, 0.3) is 0 Å². The van der Waals surface area contributed by atoms with E-state index >= 15 is 0 Å². The number of hydrogen-bond donors (Lipinski definition) is 2. The van der Waals surface area contributed by atoms with E-state index in [1.54, 1.807) is 0 Å². The van der Waals surface area contributed by atoms with Crippen LogP contribution in [0.4, 0.5) is 0 Å². The third kappa shape index (κ3) is 4.21. The fourth-order valence-electron chi connectivity index (χ4n) is 2.25. The quantitative estimate of drug-likeness (QED) is 0.870. The van der Waals surface area contributed by atoms with Gasteiger partial charge in [-0.3, -0.25) is 0 Å². The Morgan fingerprint density at radius 1 is 1.37 bits per heavy atom. The van der Waals surface area contributed by atoms with Crippen LogP contribution in [0, 0.1) is 0 Å². The molecule has 4 nitrogen and oxygen atoms in total. The summed E-state index contributed by atoms with van der Waals surface area (Å²) in [7, 11) is -3.18. The molecule has 0 aliphatic carbocycles. The Kier molecular flexibility index (Phi) is 4.25. The zero-order chi connectivity index (χ0) is 14.1. The molecule has 0 fully saturated rings. The van der Waals surface area contributed by atoms with Crippen molar-refractivity contribution in [3.05, 3.63) is 29.8 Å². The number of fused-ring (bicyclic) bond motifs is 1. The van der Waals surface area contributed by atoms with E-state index in [1.807, 2.05) is 37.7 Å². The molecule has 2 N–H and O–H groups in total. The van der Waals surface area contributed by atoms with Crippen LogP contribution in [0.15, 0.2) is 29.2 Å². The van der Waals surface area contributed by atoms with Crippen LogP contribution in [0.1, 0.15) is 25.5 Å². The number of benzene rings is 1. The minimum Gasteiger partial charge on any atom is -0.307 e. The second-order valence-electron chi connectivity index (χ2n) is 5.54. The molecule has 1 aliphatic rings. The van der Waals surface area contributed by atoms with Gasteiger partial charge in [-0.25, -0.2) is 13.1 Å². The van der Waals surface area contributed by atoms with Gasteiger partial charge in [0.15, 0.2) is 0 Å². The van der Waals surface area contributed by atoms with Crippen molar-refractivity contribution in [2.75, 3.05) is 18.6 Å². The van der Waals surface area contributed by atoms with E-state index in [4.69, 9.17) is 0 Å². The largest absolute Gasteiger partial charge is 0.307 e. The molecule has 0 radical (unpaired) electrons. The molecule has 6 heteroatoms. The van der Waals surface area contributed by atoms with E-state index in [0.29, 0.717) is 12.6 Å². The predicted molar refractivity (Wildman–Crippen MR) is 80.0 cm³/mol. The minimum absolute atomic E-state index is 0.293. The first-order valence-electron chi connectivity index (χ1n) is 6.21. The molecular weight excluding hydrogens is 280 g/mol. The van der Waals surface area contributed by atoms with Gasteiger partial charge in [-0.15, -0.1) is 11.8 Å². The molecule has 0 aromatic heterocycles. The van der Waals surface area contributed by atoms with Crippen molar-refractivity contribution in [3.8, 4) is 0 Å². The Bertz CT molecular complexity index is 556. The summed E-state index contributed by atoms with van der Waals surface area (Å²) in [6.45, 7) is 4.36. The maximum absolute atomic E-state index is 11.3. The molecule has 2 rings (SSSR count). The van der Waals surface area contributed by atoms with Gasteiger partial charge in [0.2, 0.25) is 10.0 Å². The van der Waals surface area contributed by atoms with Crippen molar-refractivity contribution in [1.29, 1.82) is 0 Å². The summed E-state index contributed by atoms with van der Waals surface area (Å²) in [5.41, 5.74) is 0.818. The average molecular weight is 300 g/mol. The molecule has 0 saturated heterocycles. The highest BCUT2D eigenvalue weighted by Gasteiger charge is 2.27. The Hall–Kier alpha value is -0.560. The number of rotatable bonds is 5. The molecule has 1 aromatic carbocycles. The first-order chi connectivity index (χ1) is 8.77. The first-order valence-corrected chi connectivity index (χ1v) is 9.09. The standard InChI is InChI=1S/C13H20N2O2S2/c1-13(2,15-19(3,16)17)9-14-11-8-18-12-7-5-4-6-10(11)12/h4-7,11,14-15H,8-9H2,1-3H3. The molecule has 0 saturated carbocycles. The molecule has 106 valence electrons.